The average molecular weight is 725 g/mol. The second-order valence-electron chi connectivity index (χ2n) is 16.8. The number of aliphatic hydroxyl groups is 2. The van der Waals surface area contributed by atoms with Crippen LogP contribution in [0.1, 0.15) is 57.9 Å². The molecule has 13 atom stereocenters. The van der Waals surface area contributed by atoms with E-state index >= 15 is 0 Å². The number of carbonyl (C=O) groups is 3. The highest BCUT2D eigenvalue weighted by Crippen LogP contribution is 2.77. The van der Waals surface area contributed by atoms with Crippen LogP contribution in [0.5, 0.6) is 17.2 Å². The predicted molar refractivity (Wildman–Crippen MR) is 192 cm³/mol. The third-order valence-corrected chi connectivity index (χ3v) is 14.4. The third-order valence-electron chi connectivity index (χ3n) is 14.4. The molecular weight excluding hydrogens is 676 g/mol. The van der Waals surface area contributed by atoms with Crippen LogP contribution in [-0.4, -0.2) is 66.3 Å². The third kappa shape index (κ3) is 4.66. The Morgan fingerprint density at radius 2 is 1.89 bits per heavy atom. The number of benzene rings is 1. The molecule has 4 fully saturated rings. The number of allylic oxidation sites excluding steroid dienone is 4. The van der Waals surface area contributed by atoms with Crippen LogP contribution in [0.2, 0.25) is 0 Å². The molecule has 0 bridgehead atoms. The van der Waals surface area contributed by atoms with Crippen molar-refractivity contribution in [2.45, 2.75) is 63.6 Å². The van der Waals surface area contributed by atoms with Crippen LogP contribution in [0, 0.1) is 58.7 Å². The first kappa shape index (κ1) is 34.6. The molecule has 0 radical (unpaired) electrons. The number of fused-ring (bicyclic) bond motifs is 9. The predicted octanol–water partition coefficient (Wildman–Crippen LogP) is 5.39. The van der Waals surface area contributed by atoms with Gasteiger partial charge in [0.25, 0.3) is 0 Å². The van der Waals surface area contributed by atoms with Gasteiger partial charge in [0, 0.05) is 41.4 Å². The monoisotopic (exact) mass is 724 g/mol. The minimum absolute atomic E-state index is 0.0262. The quantitative estimate of drug-likeness (QED) is 0.300. The molecule has 8 aliphatic rings. The molecule has 0 saturated heterocycles. The van der Waals surface area contributed by atoms with E-state index in [1.807, 2.05) is 43.4 Å². The van der Waals surface area contributed by atoms with Gasteiger partial charge in [0.1, 0.15) is 12.2 Å². The van der Waals surface area contributed by atoms with Gasteiger partial charge >= 0.3 is 11.9 Å². The lowest BCUT2D eigenvalue weighted by atomic mass is 9.63. The molecule has 2 aliphatic heterocycles. The molecule has 53 heavy (non-hydrogen) atoms. The molecule has 2 heterocycles. The smallest absolute Gasteiger partial charge is 0.310 e. The molecule has 0 amide bonds. The lowest BCUT2D eigenvalue weighted by Crippen LogP contribution is -2.53. The Kier molecular flexibility index (Phi) is 7.79. The second kappa shape index (κ2) is 11.9. The van der Waals surface area contributed by atoms with Gasteiger partial charge in [-0.1, -0.05) is 56.9 Å². The zero-order valence-electron chi connectivity index (χ0n) is 30.7. The zero-order chi connectivity index (χ0) is 37.2. The molecule has 9 rings (SSSR count). The fourth-order valence-corrected chi connectivity index (χ4v) is 12.0. The average Bonchev–Trinajstić information content (AvgIpc) is 3.66. The zero-order valence-corrected chi connectivity index (χ0v) is 30.7. The van der Waals surface area contributed by atoms with Gasteiger partial charge in [-0.05, 0) is 77.9 Å². The number of hydrogen-bond donors (Lipinski definition) is 2. The van der Waals surface area contributed by atoms with Gasteiger partial charge in [0.2, 0.25) is 12.5 Å². The van der Waals surface area contributed by atoms with E-state index in [-0.39, 0.29) is 74.2 Å². The van der Waals surface area contributed by atoms with Crippen LogP contribution in [0.4, 0.5) is 0 Å². The van der Waals surface area contributed by atoms with Gasteiger partial charge < -0.3 is 33.9 Å². The van der Waals surface area contributed by atoms with Gasteiger partial charge in [0.15, 0.2) is 17.3 Å². The maximum Gasteiger partial charge on any atom is 0.310 e. The number of Topliss-reactive ketones (excluding diaryl/α,β-unsaturated/α-hetero) is 1. The van der Waals surface area contributed by atoms with Crippen molar-refractivity contribution >= 4 is 17.7 Å². The molecule has 10 nitrogen and oxygen atoms in total. The lowest BCUT2D eigenvalue weighted by Gasteiger charge is -2.46. The summed E-state index contributed by atoms with van der Waals surface area (Å²) in [7, 11) is 1.59. The highest BCUT2D eigenvalue weighted by atomic mass is 16.7. The Labute approximate surface area is 309 Å². The van der Waals surface area contributed by atoms with Gasteiger partial charge in [-0.3, -0.25) is 14.4 Å². The number of ketones is 1. The normalized spacial score (nSPS) is 43.4. The van der Waals surface area contributed by atoms with Crippen LogP contribution in [0.3, 0.4) is 0 Å². The van der Waals surface area contributed by atoms with Crippen molar-refractivity contribution in [1.82, 2.24) is 0 Å². The Bertz CT molecular complexity index is 1940. The second-order valence-corrected chi connectivity index (χ2v) is 16.8. The van der Waals surface area contributed by atoms with E-state index in [4.69, 9.17) is 23.7 Å². The fraction of sp³-hybridized carbons (Fsp3) is 0.558. The van der Waals surface area contributed by atoms with Crippen molar-refractivity contribution in [3.8, 4) is 17.2 Å². The van der Waals surface area contributed by atoms with E-state index in [2.05, 4.69) is 25.7 Å². The fourth-order valence-electron chi connectivity index (χ4n) is 12.0. The van der Waals surface area contributed by atoms with Crippen LogP contribution in [0.25, 0.3) is 0 Å². The molecule has 6 aliphatic carbocycles. The number of aliphatic hydroxyl groups excluding tert-OH is 1. The minimum Gasteiger partial charge on any atom is -0.493 e. The van der Waals surface area contributed by atoms with Crippen molar-refractivity contribution in [2.24, 2.45) is 58.7 Å². The summed E-state index contributed by atoms with van der Waals surface area (Å²) in [5.41, 5.74) is -0.849. The van der Waals surface area contributed by atoms with Crippen molar-refractivity contribution < 1.29 is 48.3 Å². The number of rotatable bonds is 5. The summed E-state index contributed by atoms with van der Waals surface area (Å²) in [5, 5.41) is 23.2. The van der Waals surface area contributed by atoms with Crippen LogP contribution < -0.4 is 14.2 Å². The van der Waals surface area contributed by atoms with Gasteiger partial charge in [-0.15, -0.1) is 0 Å². The molecule has 1 spiro atoms. The van der Waals surface area contributed by atoms with Crippen molar-refractivity contribution in [1.29, 1.82) is 0 Å². The number of cyclic esters (lactones) is 1. The van der Waals surface area contributed by atoms with Gasteiger partial charge in [0.05, 0.1) is 31.7 Å². The van der Waals surface area contributed by atoms with Crippen molar-refractivity contribution in [3.63, 3.8) is 0 Å². The van der Waals surface area contributed by atoms with Gasteiger partial charge in [-0.25, -0.2) is 0 Å². The number of carbonyl (C=O) groups excluding carboxylic acids is 3. The summed E-state index contributed by atoms with van der Waals surface area (Å²) in [5.74, 6) is -1.53. The van der Waals surface area contributed by atoms with Crippen molar-refractivity contribution in [2.75, 3.05) is 27.1 Å². The first-order chi connectivity index (χ1) is 25.4. The topological polar surface area (TPSA) is 138 Å². The Morgan fingerprint density at radius 3 is 2.64 bits per heavy atom. The molecule has 1 aromatic carbocycles. The number of esters is 2. The first-order valence-corrected chi connectivity index (χ1v) is 19.1. The van der Waals surface area contributed by atoms with E-state index in [1.165, 1.54) is 0 Å². The molecule has 4 saturated carbocycles. The van der Waals surface area contributed by atoms with Crippen molar-refractivity contribution in [3.05, 3.63) is 77.5 Å². The summed E-state index contributed by atoms with van der Waals surface area (Å²) in [6.45, 7) is 9.99. The van der Waals surface area contributed by atoms with Crippen LogP contribution in [-0.2, 0) is 23.9 Å². The number of ether oxygens (including phenoxy) is 5. The summed E-state index contributed by atoms with van der Waals surface area (Å²) in [6.07, 6.45) is 13.5. The maximum absolute atomic E-state index is 14.7. The van der Waals surface area contributed by atoms with E-state index in [0.29, 0.717) is 40.4 Å². The highest BCUT2D eigenvalue weighted by Gasteiger charge is 2.84. The Balaban J connectivity index is 1.10. The molecule has 1 aromatic rings. The van der Waals surface area contributed by atoms with E-state index in [1.54, 1.807) is 14.0 Å². The summed E-state index contributed by atoms with van der Waals surface area (Å²) >= 11 is 0. The molecule has 2 N–H and O–H groups in total. The highest BCUT2D eigenvalue weighted by molar-refractivity contribution is 6.00. The summed E-state index contributed by atoms with van der Waals surface area (Å²) < 4.78 is 30.1. The van der Waals surface area contributed by atoms with Gasteiger partial charge in [-0.2, -0.15) is 0 Å². The number of hydrogen-bond acceptors (Lipinski definition) is 10. The maximum atomic E-state index is 14.7. The van der Waals surface area contributed by atoms with E-state index in [0.717, 1.165) is 12.0 Å². The van der Waals surface area contributed by atoms with E-state index in [9.17, 15) is 24.6 Å². The SMILES string of the molecule is C=C1CC23OC(=O)CC=CC4C(C(=O)OCC2(C)C3C2C=C(CO)CC3C(=O)C(C)=CC3C12O)C(c1cc(OC)c2c(c1)OCO2)C1C(C=CCC)C41. The first-order valence-electron chi connectivity index (χ1n) is 19.1. The van der Waals surface area contributed by atoms with E-state index < -0.39 is 52.2 Å². The molecule has 280 valence electrons. The standard InChI is InChI=1S/C43H48O10/c1-6-7-9-25-34-26-10-8-11-32(45)53-42-17-22(3)43(48)28-12-21(2)37(46)27(28)13-23(18-44)14-29(43)39(42)41(42,4)19-50-40(47)36(26)33(35(25)34)24-15-30(49-5)38-31(16-24)51-20-52-38/h7-10,12,14-16,25-29,33-36,39,44,48H,3,6,11,13,17-20H2,1-2,4-5H3. The Morgan fingerprint density at radius 1 is 1.08 bits per heavy atom. The van der Waals surface area contributed by atoms with Crippen LogP contribution in [0.15, 0.2) is 71.9 Å². The molecular formula is C43H48O10. The number of methoxy groups -OCH3 is 1. The lowest BCUT2D eigenvalue weighted by molar-refractivity contribution is -0.159. The molecule has 10 heteroatoms. The molecule has 13 unspecified atom stereocenters. The van der Waals surface area contributed by atoms with Crippen LogP contribution >= 0.6 is 0 Å². The Hall–Kier alpha value is -4.15. The minimum atomic E-state index is -1.52. The largest absolute Gasteiger partial charge is 0.493 e. The summed E-state index contributed by atoms with van der Waals surface area (Å²) in [4.78, 5) is 41.8. The summed E-state index contributed by atoms with van der Waals surface area (Å²) in [6, 6.07) is 3.92. The molecule has 0 aromatic heterocycles.